The van der Waals surface area contributed by atoms with Crippen LogP contribution < -0.4 is 10.5 Å². The fourth-order valence-electron chi connectivity index (χ4n) is 1.47. The second kappa shape index (κ2) is 5.61. The Hall–Kier alpha value is -1.28. The van der Waals surface area contributed by atoms with Gasteiger partial charge in [-0.05, 0) is 34.1 Å². The van der Waals surface area contributed by atoms with Gasteiger partial charge in [0, 0.05) is 26.9 Å². The Balaban J connectivity index is 2.43. The third kappa shape index (κ3) is 3.63. The number of nitrogens with two attached hydrogens (primary N) is 1. The number of nitrogen functional groups attached to an aromatic ring is 1. The van der Waals surface area contributed by atoms with Crippen molar-refractivity contribution >= 4 is 37.5 Å². The van der Waals surface area contributed by atoms with E-state index in [4.69, 9.17) is 10.5 Å². The molecule has 0 unspecified atom stereocenters. The van der Waals surface area contributed by atoms with Crippen molar-refractivity contribution in [2.75, 3.05) is 5.73 Å². The monoisotopic (exact) mass is 410 g/mol. The van der Waals surface area contributed by atoms with E-state index in [1.165, 1.54) is 18.3 Å². The van der Waals surface area contributed by atoms with Crippen LogP contribution in [0.1, 0.15) is 5.56 Å². The molecule has 1 aromatic heterocycles. The van der Waals surface area contributed by atoms with E-state index in [1.807, 2.05) is 0 Å². The molecule has 0 bridgehead atoms. The van der Waals surface area contributed by atoms with Crippen molar-refractivity contribution in [2.45, 2.75) is 6.18 Å². The molecule has 0 saturated carbocycles. The summed E-state index contributed by atoms with van der Waals surface area (Å²) in [6.07, 6.45) is -3.34. The van der Waals surface area contributed by atoms with Gasteiger partial charge in [0.25, 0.3) is 0 Å². The van der Waals surface area contributed by atoms with Gasteiger partial charge in [-0.25, -0.2) is 4.98 Å². The molecule has 0 aliphatic heterocycles. The van der Waals surface area contributed by atoms with Gasteiger partial charge in [0.2, 0.25) is 5.88 Å². The predicted molar refractivity (Wildman–Crippen MR) is 75.6 cm³/mol. The van der Waals surface area contributed by atoms with Crippen LogP contribution in [0.3, 0.4) is 0 Å². The summed E-state index contributed by atoms with van der Waals surface area (Å²) in [7, 11) is 0. The molecule has 0 spiro atoms. The molecule has 0 aliphatic rings. The van der Waals surface area contributed by atoms with Gasteiger partial charge in [0.05, 0.1) is 0 Å². The van der Waals surface area contributed by atoms with Crippen LogP contribution in [0.25, 0.3) is 0 Å². The number of halogens is 5. The molecule has 0 amide bonds. The van der Waals surface area contributed by atoms with E-state index in [2.05, 4.69) is 36.8 Å². The largest absolute Gasteiger partial charge is 0.438 e. The Morgan fingerprint density at radius 3 is 2.35 bits per heavy atom. The fraction of sp³-hybridized carbons (Fsp3) is 0.0833. The minimum Gasteiger partial charge on any atom is -0.438 e. The van der Waals surface area contributed by atoms with Crippen LogP contribution in [0.5, 0.6) is 11.6 Å². The molecule has 2 N–H and O–H groups in total. The molecule has 0 saturated heterocycles. The first-order chi connectivity index (χ1) is 9.25. The number of hydrogen-bond donors (Lipinski definition) is 1. The molecule has 2 aromatic rings. The van der Waals surface area contributed by atoms with Crippen LogP contribution in [0.4, 0.5) is 18.9 Å². The molecular weight excluding hydrogens is 405 g/mol. The average Bonchev–Trinajstić information content (AvgIpc) is 2.28. The Bertz CT molecular complexity index is 627. The van der Waals surface area contributed by atoms with E-state index >= 15 is 0 Å². The van der Waals surface area contributed by atoms with Gasteiger partial charge in [0.15, 0.2) is 0 Å². The van der Waals surface area contributed by atoms with Crippen molar-refractivity contribution in [3.05, 3.63) is 45.0 Å². The average molecular weight is 412 g/mol. The molecule has 0 aliphatic carbocycles. The number of anilines is 1. The zero-order valence-corrected chi connectivity index (χ0v) is 12.9. The highest BCUT2D eigenvalue weighted by atomic mass is 79.9. The molecule has 1 aromatic carbocycles. The summed E-state index contributed by atoms with van der Waals surface area (Å²) in [6, 6.07) is 5.42. The van der Waals surface area contributed by atoms with Gasteiger partial charge in [-0.15, -0.1) is 0 Å². The summed E-state index contributed by atoms with van der Waals surface area (Å²) in [5.41, 5.74) is 4.99. The summed E-state index contributed by atoms with van der Waals surface area (Å²) in [4.78, 5) is 3.65. The van der Waals surface area contributed by atoms with E-state index in [0.717, 1.165) is 6.07 Å². The molecule has 0 radical (unpaired) electrons. The van der Waals surface area contributed by atoms with Gasteiger partial charge in [-0.3, -0.25) is 0 Å². The molecule has 3 nitrogen and oxygen atoms in total. The lowest BCUT2D eigenvalue weighted by Gasteiger charge is -2.13. The zero-order valence-electron chi connectivity index (χ0n) is 9.71. The van der Waals surface area contributed by atoms with Crippen LogP contribution in [0.15, 0.2) is 39.4 Å². The summed E-state index contributed by atoms with van der Waals surface area (Å²) in [6.45, 7) is 0. The molecule has 20 heavy (non-hydrogen) atoms. The first-order valence-electron chi connectivity index (χ1n) is 5.22. The number of pyridine rings is 1. The predicted octanol–water partition coefficient (Wildman–Crippen LogP) is 5.00. The van der Waals surface area contributed by atoms with Crippen LogP contribution in [0.2, 0.25) is 0 Å². The first kappa shape index (κ1) is 15.1. The maximum atomic E-state index is 12.9. The second-order valence-electron chi connectivity index (χ2n) is 3.83. The van der Waals surface area contributed by atoms with Crippen LogP contribution in [-0.2, 0) is 6.18 Å². The topological polar surface area (TPSA) is 48.1 Å². The molecule has 0 atom stereocenters. The highest BCUT2D eigenvalue weighted by Crippen LogP contribution is 2.38. The van der Waals surface area contributed by atoms with Crippen molar-refractivity contribution in [3.8, 4) is 11.6 Å². The Kier molecular flexibility index (Phi) is 4.24. The van der Waals surface area contributed by atoms with E-state index in [9.17, 15) is 13.2 Å². The zero-order chi connectivity index (χ0) is 14.9. The Labute approximate surface area is 129 Å². The number of nitrogens with zero attached hydrogens (tertiary/aromatic N) is 1. The minimum atomic E-state index is -4.57. The number of alkyl halides is 3. The molecule has 106 valence electrons. The first-order valence-corrected chi connectivity index (χ1v) is 6.81. The number of rotatable bonds is 2. The van der Waals surface area contributed by atoms with Crippen molar-refractivity contribution in [3.63, 3.8) is 0 Å². The standard InChI is InChI=1S/C12H7Br2F3N2O/c13-6-1-8(18)4-9(2-6)20-11-10(12(15,16)17)3-7(14)5-19-11/h1-5H,18H2. The second-order valence-corrected chi connectivity index (χ2v) is 5.66. The maximum absolute atomic E-state index is 12.9. The Morgan fingerprint density at radius 1 is 1.05 bits per heavy atom. The van der Waals surface area contributed by atoms with Gasteiger partial charge in [0.1, 0.15) is 11.3 Å². The minimum absolute atomic E-state index is 0.164. The highest BCUT2D eigenvalue weighted by Gasteiger charge is 2.35. The summed E-state index contributed by atoms with van der Waals surface area (Å²) in [5.74, 6) is -0.365. The lowest BCUT2D eigenvalue weighted by Crippen LogP contribution is -2.08. The van der Waals surface area contributed by atoms with E-state index in [-0.39, 0.29) is 10.2 Å². The third-order valence-corrected chi connectivity index (χ3v) is 3.12. The lowest BCUT2D eigenvalue weighted by atomic mass is 10.2. The summed E-state index contributed by atoms with van der Waals surface area (Å²) >= 11 is 6.14. The molecule has 0 fully saturated rings. The molecule has 8 heteroatoms. The van der Waals surface area contributed by atoms with Crippen LogP contribution in [-0.4, -0.2) is 4.98 Å². The molecule has 2 rings (SSSR count). The SMILES string of the molecule is Nc1cc(Br)cc(Oc2ncc(Br)cc2C(F)(F)F)c1. The summed E-state index contributed by atoms with van der Waals surface area (Å²) in [5, 5.41) is 0. The van der Waals surface area contributed by atoms with Gasteiger partial charge in [-0.2, -0.15) is 13.2 Å². The van der Waals surface area contributed by atoms with E-state index in [1.54, 1.807) is 6.07 Å². The van der Waals surface area contributed by atoms with E-state index in [0.29, 0.717) is 10.2 Å². The smallest absolute Gasteiger partial charge is 0.421 e. The quantitative estimate of drug-likeness (QED) is 0.707. The van der Waals surface area contributed by atoms with E-state index < -0.39 is 17.6 Å². The normalized spacial score (nSPS) is 11.4. The Morgan fingerprint density at radius 2 is 1.75 bits per heavy atom. The molecular formula is C12H7Br2F3N2O. The number of benzene rings is 1. The van der Waals surface area contributed by atoms with Crippen molar-refractivity contribution in [2.24, 2.45) is 0 Å². The highest BCUT2D eigenvalue weighted by molar-refractivity contribution is 9.10. The van der Waals surface area contributed by atoms with Crippen molar-refractivity contribution in [1.29, 1.82) is 0 Å². The van der Waals surface area contributed by atoms with Gasteiger partial charge in [-0.1, -0.05) is 15.9 Å². The van der Waals surface area contributed by atoms with Crippen molar-refractivity contribution < 1.29 is 17.9 Å². The number of hydrogen-bond acceptors (Lipinski definition) is 3. The maximum Gasteiger partial charge on any atom is 0.421 e. The van der Waals surface area contributed by atoms with Crippen LogP contribution in [0, 0.1) is 0 Å². The molecule has 1 heterocycles. The van der Waals surface area contributed by atoms with Crippen molar-refractivity contribution in [1.82, 2.24) is 4.98 Å². The number of aromatic nitrogens is 1. The van der Waals surface area contributed by atoms with Gasteiger partial charge >= 0.3 is 6.18 Å². The fourth-order valence-corrected chi connectivity index (χ4v) is 2.29. The number of ether oxygens (including phenoxy) is 1. The lowest BCUT2D eigenvalue weighted by molar-refractivity contribution is -0.138. The third-order valence-electron chi connectivity index (χ3n) is 2.23. The van der Waals surface area contributed by atoms with Crippen LogP contribution >= 0.6 is 31.9 Å². The van der Waals surface area contributed by atoms with Gasteiger partial charge < -0.3 is 10.5 Å². The summed E-state index contributed by atoms with van der Waals surface area (Å²) < 4.78 is 44.7.